The Labute approximate surface area is 204 Å². The second kappa shape index (κ2) is 11.2. The van der Waals surface area contributed by atoms with Crippen molar-refractivity contribution in [2.75, 3.05) is 23.8 Å². The van der Waals surface area contributed by atoms with Gasteiger partial charge in [-0.05, 0) is 60.0 Å². The fourth-order valence-corrected chi connectivity index (χ4v) is 3.66. The molecule has 2 amide bonds. The molecule has 35 heavy (non-hydrogen) atoms. The molecule has 0 aromatic heterocycles. The van der Waals surface area contributed by atoms with Crippen LogP contribution in [0, 0.1) is 6.92 Å². The first-order valence-electron chi connectivity index (χ1n) is 11.6. The van der Waals surface area contributed by atoms with Gasteiger partial charge in [-0.15, -0.1) is 0 Å². The Morgan fingerprint density at radius 2 is 1.40 bits per heavy atom. The number of rotatable bonds is 9. The molecule has 6 heteroatoms. The number of fused-ring (bicyclic) bond motifs is 1. The number of anilines is 2. The lowest BCUT2D eigenvalue weighted by Crippen LogP contribution is -2.22. The number of nitrogens with one attached hydrogen (secondary N) is 2. The van der Waals surface area contributed by atoms with E-state index in [4.69, 9.17) is 9.47 Å². The average molecular weight is 469 g/mol. The first-order valence-corrected chi connectivity index (χ1v) is 11.6. The number of ether oxygens (including phenoxy) is 2. The van der Waals surface area contributed by atoms with Crippen molar-refractivity contribution in [3.05, 3.63) is 96.1 Å². The summed E-state index contributed by atoms with van der Waals surface area (Å²) in [5.41, 5.74) is 2.60. The van der Waals surface area contributed by atoms with E-state index in [9.17, 15) is 9.59 Å². The highest BCUT2D eigenvalue weighted by molar-refractivity contribution is 6.09. The van der Waals surface area contributed by atoms with E-state index in [0.29, 0.717) is 29.4 Å². The molecular weight excluding hydrogens is 440 g/mol. The summed E-state index contributed by atoms with van der Waals surface area (Å²) in [7, 11) is 0. The minimum atomic E-state index is -0.351. The summed E-state index contributed by atoms with van der Waals surface area (Å²) < 4.78 is 11.6. The Morgan fingerprint density at radius 3 is 2.14 bits per heavy atom. The van der Waals surface area contributed by atoms with Gasteiger partial charge in [0.1, 0.15) is 11.5 Å². The molecule has 0 aliphatic rings. The summed E-state index contributed by atoms with van der Waals surface area (Å²) in [6, 6.07) is 26.1. The van der Waals surface area contributed by atoms with Crippen LogP contribution in [0.15, 0.2) is 84.9 Å². The Balaban J connectivity index is 1.54. The van der Waals surface area contributed by atoms with E-state index < -0.39 is 0 Å². The minimum Gasteiger partial charge on any atom is -0.491 e. The fraction of sp³-hybridized carbons (Fsp3) is 0.172. The molecule has 6 nitrogen and oxygen atoms in total. The standard InChI is InChI=1S/C29H28N2O4/c1-3-16-34-26-15-9-8-14-25(26)30-28(32)19-35-27-18-22-12-6-5-11-21(22)17-23(27)29(33)31-24-13-7-4-10-20(24)2/h4-15,17-18H,3,16,19H2,1-2H3,(H,30,32)(H,31,33). The monoisotopic (exact) mass is 468 g/mol. The SMILES string of the molecule is CCCOc1ccccc1NC(=O)COc1cc2ccccc2cc1C(=O)Nc1ccccc1C. The van der Waals surface area contributed by atoms with E-state index in [0.717, 1.165) is 28.4 Å². The van der Waals surface area contributed by atoms with Crippen molar-refractivity contribution in [1.82, 2.24) is 0 Å². The zero-order chi connectivity index (χ0) is 24.6. The molecule has 0 aliphatic carbocycles. The maximum atomic E-state index is 13.2. The van der Waals surface area contributed by atoms with Gasteiger partial charge in [0.05, 0.1) is 17.9 Å². The third-order valence-corrected chi connectivity index (χ3v) is 5.47. The molecule has 0 saturated heterocycles. The topological polar surface area (TPSA) is 76.7 Å². The summed E-state index contributed by atoms with van der Waals surface area (Å²) in [5.74, 6) is 0.280. The number of para-hydroxylation sites is 3. The minimum absolute atomic E-state index is 0.259. The smallest absolute Gasteiger partial charge is 0.262 e. The van der Waals surface area contributed by atoms with Crippen LogP contribution in [0.3, 0.4) is 0 Å². The maximum absolute atomic E-state index is 13.2. The van der Waals surface area contributed by atoms with Crippen molar-refractivity contribution in [2.24, 2.45) is 0 Å². The zero-order valence-electron chi connectivity index (χ0n) is 19.8. The Hall–Kier alpha value is -4.32. The number of hydrogen-bond acceptors (Lipinski definition) is 4. The molecule has 0 radical (unpaired) electrons. The van der Waals surface area contributed by atoms with Crippen LogP contribution in [0.4, 0.5) is 11.4 Å². The molecule has 4 rings (SSSR count). The summed E-state index contributed by atoms with van der Waals surface area (Å²) >= 11 is 0. The highest BCUT2D eigenvalue weighted by atomic mass is 16.5. The van der Waals surface area contributed by atoms with Crippen LogP contribution in [0.1, 0.15) is 29.3 Å². The van der Waals surface area contributed by atoms with Crippen LogP contribution in [-0.4, -0.2) is 25.0 Å². The Kier molecular flexibility index (Phi) is 7.63. The Morgan fingerprint density at radius 1 is 0.743 bits per heavy atom. The molecule has 4 aromatic carbocycles. The molecule has 0 atom stereocenters. The van der Waals surface area contributed by atoms with Gasteiger partial charge >= 0.3 is 0 Å². The van der Waals surface area contributed by atoms with Gasteiger partial charge in [0.25, 0.3) is 11.8 Å². The lowest BCUT2D eigenvalue weighted by atomic mass is 10.0. The van der Waals surface area contributed by atoms with Crippen molar-refractivity contribution in [1.29, 1.82) is 0 Å². The molecule has 0 aliphatic heterocycles. The lowest BCUT2D eigenvalue weighted by Gasteiger charge is -2.15. The number of carbonyl (C=O) groups excluding carboxylic acids is 2. The van der Waals surface area contributed by atoms with Gasteiger partial charge in [0.2, 0.25) is 0 Å². The molecule has 0 unspecified atom stereocenters. The van der Waals surface area contributed by atoms with E-state index in [1.165, 1.54) is 0 Å². The van der Waals surface area contributed by atoms with Gasteiger partial charge in [-0.2, -0.15) is 0 Å². The van der Waals surface area contributed by atoms with Gasteiger partial charge in [0.15, 0.2) is 6.61 Å². The van der Waals surface area contributed by atoms with Crippen LogP contribution in [0.2, 0.25) is 0 Å². The predicted molar refractivity (Wildman–Crippen MR) is 139 cm³/mol. The highest BCUT2D eigenvalue weighted by Crippen LogP contribution is 2.28. The summed E-state index contributed by atoms with van der Waals surface area (Å²) in [6.45, 7) is 4.25. The van der Waals surface area contributed by atoms with E-state index in [1.807, 2.05) is 80.6 Å². The average Bonchev–Trinajstić information content (AvgIpc) is 2.87. The third-order valence-electron chi connectivity index (χ3n) is 5.47. The van der Waals surface area contributed by atoms with Gasteiger partial charge in [0, 0.05) is 5.69 Å². The largest absolute Gasteiger partial charge is 0.491 e. The first kappa shape index (κ1) is 23.8. The summed E-state index contributed by atoms with van der Waals surface area (Å²) in [5, 5.41) is 7.60. The molecule has 0 spiro atoms. The quantitative estimate of drug-likeness (QED) is 0.306. The fourth-order valence-electron chi connectivity index (χ4n) is 3.66. The van der Waals surface area contributed by atoms with Crippen LogP contribution >= 0.6 is 0 Å². The van der Waals surface area contributed by atoms with Crippen LogP contribution in [0.25, 0.3) is 10.8 Å². The molecule has 2 N–H and O–H groups in total. The third kappa shape index (κ3) is 5.98. The van der Waals surface area contributed by atoms with Crippen molar-refractivity contribution >= 4 is 34.0 Å². The number of amides is 2. The lowest BCUT2D eigenvalue weighted by molar-refractivity contribution is -0.118. The molecular formula is C29H28N2O4. The molecule has 0 fully saturated rings. The van der Waals surface area contributed by atoms with E-state index in [1.54, 1.807) is 18.2 Å². The number of carbonyl (C=O) groups is 2. The molecule has 0 saturated carbocycles. The summed E-state index contributed by atoms with van der Waals surface area (Å²) in [4.78, 5) is 25.9. The van der Waals surface area contributed by atoms with E-state index in [-0.39, 0.29) is 18.4 Å². The van der Waals surface area contributed by atoms with Crippen LogP contribution < -0.4 is 20.1 Å². The van der Waals surface area contributed by atoms with Gasteiger partial charge < -0.3 is 20.1 Å². The summed E-state index contributed by atoms with van der Waals surface area (Å²) in [6.07, 6.45) is 0.862. The van der Waals surface area contributed by atoms with Gasteiger partial charge in [-0.3, -0.25) is 9.59 Å². The van der Waals surface area contributed by atoms with E-state index in [2.05, 4.69) is 10.6 Å². The number of hydrogen-bond donors (Lipinski definition) is 2. The Bertz CT molecular complexity index is 1350. The van der Waals surface area contributed by atoms with Crippen molar-refractivity contribution in [3.63, 3.8) is 0 Å². The van der Waals surface area contributed by atoms with Crippen molar-refractivity contribution in [3.8, 4) is 11.5 Å². The van der Waals surface area contributed by atoms with Crippen LogP contribution in [0.5, 0.6) is 11.5 Å². The number of benzene rings is 4. The van der Waals surface area contributed by atoms with Crippen LogP contribution in [-0.2, 0) is 4.79 Å². The first-order chi connectivity index (χ1) is 17.0. The second-order valence-electron chi connectivity index (χ2n) is 8.15. The molecule has 0 bridgehead atoms. The molecule has 0 heterocycles. The van der Waals surface area contributed by atoms with Gasteiger partial charge in [-0.1, -0.05) is 61.5 Å². The second-order valence-corrected chi connectivity index (χ2v) is 8.15. The predicted octanol–water partition coefficient (Wildman–Crippen LogP) is 6.21. The highest BCUT2D eigenvalue weighted by Gasteiger charge is 2.17. The number of aryl methyl sites for hydroxylation is 1. The van der Waals surface area contributed by atoms with E-state index >= 15 is 0 Å². The van der Waals surface area contributed by atoms with Crippen molar-refractivity contribution in [2.45, 2.75) is 20.3 Å². The zero-order valence-corrected chi connectivity index (χ0v) is 19.8. The van der Waals surface area contributed by atoms with Crippen molar-refractivity contribution < 1.29 is 19.1 Å². The molecule has 4 aromatic rings. The van der Waals surface area contributed by atoms with Gasteiger partial charge in [-0.25, -0.2) is 0 Å². The maximum Gasteiger partial charge on any atom is 0.262 e. The molecule has 178 valence electrons. The normalized spacial score (nSPS) is 10.6.